The van der Waals surface area contributed by atoms with Crippen molar-refractivity contribution in [1.82, 2.24) is 5.32 Å². The number of hydrogen-bond acceptors (Lipinski definition) is 4. The van der Waals surface area contributed by atoms with Crippen LogP contribution in [0.1, 0.15) is 18.4 Å². The van der Waals surface area contributed by atoms with Crippen LogP contribution in [0.5, 0.6) is 5.75 Å². The summed E-state index contributed by atoms with van der Waals surface area (Å²) in [4.78, 5) is 11.4. The zero-order valence-electron chi connectivity index (χ0n) is 11.1. The number of aryl methyl sites for hydroxylation is 1. The number of benzene rings is 1. The van der Waals surface area contributed by atoms with Gasteiger partial charge in [0.25, 0.3) is 15.0 Å². The van der Waals surface area contributed by atoms with Gasteiger partial charge in [-0.25, -0.2) is 8.42 Å². The van der Waals surface area contributed by atoms with Crippen LogP contribution in [-0.4, -0.2) is 27.5 Å². The predicted octanol–water partition coefficient (Wildman–Crippen LogP) is 1.83. The summed E-state index contributed by atoms with van der Waals surface area (Å²) in [5.74, 6) is 0.402. The van der Waals surface area contributed by atoms with Crippen molar-refractivity contribution in [2.24, 2.45) is 5.92 Å². The molecule has 0 spiro atoms. The molecule has 0 aliphatic heterocycles. The monoisotopic (exact) mass is 317 g/mol. The first-order valence-electron chi connectivity index (χ1n) is 6.31. The van der Waals surface area contributed by atoms with Crippen LogP contribution in [0.4, 0.5) is 0 Å². The number of rotatable bonds is 6. The van der Waals surface area contributed by atoms with E-state index in [0.29, 0.717) is 12.5 Å². The van der Waals surface area contributed by atoms with Gasteiger partial charge in [-0.05, 0) is 43.4 Å². The molecule has 1 saturated carbocycles. The summed E-state index contributed by atoms with van der Waals surface area (Å²) in [6.07, 6.45) is 2.29. The molecule has 20 heavy (non-hydrogen) atoms. The van der Waals surface area contributed by atoms with Gasteiger partial charge in [-0.1, -0.05) is 6.07 Å². The molecule has 0 atom stereocenters. The third-order valence-electron chi connectivity index (χ3n) is 3.01. The Kier molecular flexibility index (Phi) is 4.55. The summed E-state index contributed by atoms with van der Waals surface area (Å²) in [6.45, 7) is 2.17. The van der Waals surface area contributed by atoms with E-state index < -0.39 is 9.05 Å². The average molecular weight is 318 g/mol. The zero-order valence-corrected chi connectivity index (χ0v) is 12.6. The third kappa shape index (κ3) is 4.38. The summed E-state index contributed by atoms with van der Waals surface area (Å²) < 4.78 is 28.2. The fourth-order valence-corrected chi connectivity index (χ4v) is 2.76. The van der Waals surface area contributed by atoms with Gasteiger partial charge in [0.2, 0.25) is 0 Å². The minimum absolute atomic E-state index is 0.0900. The van der Waals surface area contributed by atoms with E-state index in [4.69, 9.17) is 15.4 Å². The minimum atomic E-state index is -3.90. The van der Waals surface area contributed by atoms with E-state index in [1.165, 1.54) is 12.1 Å². The van der Waals surface area contributed by atoms with Crippen LogP contribution in [0.3, 0.4) is 0 Å². The number of nitrogens with one attached hydrogen (secondary N) is 1. The van der Waals surface area contributed by atoms with Gasteiger partial charge in [-0.2, -0.15) is 0 Å². The molecule has 1 aromatic rings. The van der Waals surface area contributed by atoms with Crippen molar-refractivity contribution in [2.45, 2.75) is 24.7 Å². The Morgan fingerprint density at radius 3 is 2.75 bits per heavy atom. The van der Waals surface area contributed by atoms with E-state index in [-0.39, 0.29) is 23.2 Å². The molecule has 1 amide bonds. The topological polar surface area (TPSA) is 72.5 Å². The fraction of sp³-hybridized carbons (Fsp3) is 0.462. The van der Waals surface area contributed by atoms with Crippen LogP contribution in [0.2, 0.25) is 0 Å². The summed E-state index contributed by atoms with van der Waals surface area (Å²) in [5, 5.41) is 2.74. The standard InChI is InChI=1S/C13H16ClNO4S/c1-9-2-5-11(12(6-9)20(14,17)18)19-8-13(16)15-7-10-3-4-10/h2,5-6,10H,3-4,7-8H2,1H3,(H,15,16). The Labute approximate surface area is 122 Å². The molecule has 5 nitrogen and oxygen atoms in total. The second-order valence-electron chi connectivity index (χ2n) is 4.92. The maximum atomic E-state index is 11.6. The Balaban J connectivity index is 1.99. The minimum Gasteiger partial charge on any atom is -0.482 e. The van der Waals surface area contributed by atoms with Crippen LogP contribution in [0.25, 0.3) is 0 Å². The third-order valence-corrected chi connectivity index (χ3v) is 4.35. The van der Waals surface area contributed by atoms with Gasteiger partial charge in [0.05, 0.1) is 0 Å². The summed E-state index contributed by atoms with van der Waals surface area (Å²) >= 11 is 0. The highest BCUT2D eigenvalue weighted by Crippen LogP contribution is 2.28. The van der Waals surface area contributed by atoms with Crippen molar-refractivity contribution in [1.29, 1.82) is 0 Å². The lowest BCUT2D eigenvalue weighted by Crippen LogP contribution is -2.30. The maximum Gasteiger partial charge on any atom is 0.264 e. The molecule has 0 aromatic heterocycles. The predicted molar refractivity (Wildman–Crippen MR) is 75.4 cm³/mol. The molecule has 110 valence electrons. The lowest BCUT2D eigenvalue weighted by molar-refractivity contribution is -0.123. The Bertz CT molecular complexity index is 611. The van der Waals surface area contributed by atoms with E-state index in [9.17, 15) is 13.2 Å². The van der Waals surface area contributed by atoms with E-state index in [1.54, 1.807) is 13.0 Å². The zero-order chi connectivity index (χ0) is 14.8. The van der Waals surface area contributed by atoms with Gasteiger partial charge in [-0.3, -0.25) is 4.79 Å². The van der Waals surface area contributed by atoms with E-state index in [2.05, 4.69) is 5.32 Å². The normalized spacial score (nSPS) is 14.9. The number of hydrogen-bond donors (Lipinski definition) is 1. The van der Waals surface area contributed by atoms with Crippen LogP contribution in [-0.2, 0) is 13.8 Å². The van der Waals surface area contributed by atoms with Crippen molar-refractivity contribution in [3.8, 4) is 5.75 Å². The second kappa shape index (κ2) is 6.01. The van der Waals surface area contributed by atoms with Gasteiger partial charge in [0, 0.05) is 17.2 Å². The molecular formula is C13H16ClNO4S. The highest BCUT2D eigenvalue weighted by Gasteiger charge is 2.22. The molecule has 1 N–H and O–H groups in total. The molecule has 1 aliphatic carbocycles. The summed E-state index contributed by atoms with van der Waals surface area (Å²) in [6, 6.07) is 4.61. The maximum absolute atomic E-state index is 11.6. The quantitative estimate of drug-likeness (QED) is 0.812. The Morgan fingerprint density at radius 2 is 2.15 bits per heavy atom. The number of amides is 1. The highest BCUT2D eigenvalue weighted by molar-refractivity contribution is 8.13. The molecule has 0 bridgehead atoms. The second-order valence-corrected chi connectivity index (χ2v) is 7.46. The van der Waals surface area contributed by atoms with Crippen molar-refractivity contribution >= 4 is 25.6 Å². The molecular weight excluding hydrogens is 302 g/mol. The van der Waals surface area contributed by atoms with Crippen molar-refractivity contribution in [3.63, 3.8) is 0 Å². The Morgan fingerprint density at radius 1 is 1.45 bits per heavy atom. The molecule has 1 aromatic carbocycles. The average Bonchev–Trinajstić information content (AvgIpc) is 3.17. The van der Waals surface area contributed by atoms with E-state index in [0.717, 1.165) is 18.4 Å². The first-order chi connectivity index (χ1) is 9.36. The Hall–Kier alpha value is -1.27. The number of carbonyl (C=O) groups excluding carboxylic acids is 1. The number of halogens is 1. The van der Waals surface area contributed by atoms with Crippen molar-refractivity contribution in [2.75, 3.05) is 13.2 Å². The molecule has 0 heterocycles. The largest absolute Gasteiger partial charge is 0.482 e. The van der Waals surface area contributed by atoms with Crippen LogP contribution in [0.15, 0.2) is 23.1 Å². The number of carbonyl (C=O) groups is 1. The molecule has 0 unspecified atom stereocenters. The lowest BCUT2D eigenvalue weighted by Gasteiger charge is -2.10. The number of ether oxygens (including phenoxy) is 1. The SMILES string of the molecule is Cc1ccc(OCC(=O)NCC2CC2)c(S(=O)(=O)Cl)c1. The summed E-state index contributed by atoms with van der Waals surface area (Å²) in [5.41, 5.74) is 0.745. The van der Waals surface area contributed by atoms with Gasteiger partial charge >= 0.3 is 0 Å². The molecule has 1 aliphatic rings. The van der Waals surface area contributed by atoms with Crippen LogP contribution >= 0.6 is 10.7 Å². The first-order valence-corrected chi connectivity index (χ1v) is 8.62. The van der Waals surface area contributed by atoms with Gasteiger partial charge < -0.3 is 10.1 Å². The van der Waals surface area contributed by atoms with Crippen molar-refractivity contribution < 1.29 is 17.9 Å². The smallest absolute Gasteiger partial charge is 0.264 e. The molecule has 7 heteroatoms. The van der Waals surface area contributed by atoms with Gasteiger partial charge in [0.1, 0.15) is 10.6 Å². The first kappa shape index (κ1) is 15.1. The molecule has 0 radical (unpaired) electrons. The lowest BCUT2D eigenvalue weighted by atomic mass is 10.2. The van der Waals surface area contributed by atoms with Gasteiger partial charge in [-0.15, -0.1) is 0 Å². The van der Waals surface area contributed by atoms with Crippen LogP contribution < -0.4 is 10.1 Å². The highest BCUT2D eigenvalue weighted by atomic mass is 35.7. The fourth-order valence-electron chi connectivity index (χ4n) is 1.70. The van der Waals surface area contributed by atoms with Gasteiger partial charge in [0.15, 0.2) is 6.61 Å². The van der Waals surface area contributed by atoms with Crippen LogP contribution in [0, 0.1) is 12.8 Å². The van der Waals surface area contributed by atoms with E-state index in [1.807, 2.05) is 0 Å². The molecule has 1 fully saturated rings. The molecule has 0 saturated heterocycles. The molecule has 2 rings (SSSR count). The van der Waals surface area contributed by atoms with Crippen molar-refractivity contribution in [3.05, 3.63) is 23.8 Å². The summed E-state index contributed by atoms with van der Waals surface area (Å²) in [7, 11) is 1.45. The van der Waals surface area contributed by atoms with E-state index >= 15 is 0 Å².